The van der Waals surface area contributed by atoms with Gasteiger partial charge < -0.3 is 5.73 Å². The van der Waals surface area contributed by atoms with Gasteiger partial charge in [-0.25, -0.2) is 12.8 Å². The molecule has 0 aliphatic heterocycles. The summed E-state index contributed by atoms with van der Waals surface area (Å²) in [7, 11) is -3.82. The summed E-state index contributed by atoms with van der Waals surface area (Å²) in [6.07, 6.45) is 0. The highest BCUT2D eigenvalue weighted by atomic mass is 79.9. The third kappa shape index (κ3) is 2.94. The van der Waals surface area contributed by atoms with Gasteiger partial charge in [-0.1, -0.05) is 12.1 Å². The summed E-state index contributed by atoms with van der Waals surface area (Å²) in [6.45, 7) is 1.85. The zero-order chi connectivity index (χ0) is 14.9. The molecule has 0 aliphatic rings. The van der Waals surface area contributed by atoms with E-state index < -0.39 is 15.8 Å². The molecular weight excluding hydrogens is 347 g/mol. The fourth-order valence-corrected chi connectivity index (χ4v) is 3.22. The summed E-state index contributed by atoms with van der Waals surface area (Å²) in [5.74, 6) is -0.652. The molecule has 0 atom stereocenters. The van der Waals surface area contributed by atoms with Crippen LogP contribution in [0.25, 0.3) is 0 Å². The molecule has 7 heteroatoms. The van der Waals surface area contributed by atoms with Gasteiger partial charge in [-0.05, 0) is 52.7 Å². The molecule has 0 saturated heterocycles. The molecule has 106 valence electrons. The Hall–Kier alpha value is -1.60. The molecule has 0 radical (unpaired) electrons. The highest BCUT2D eigenvalue weighted by Gasteiger charge is 2.17. The third-order valence-electron chi connectivity index (χ3n) is 2.71. The van der Waals surface area contributed by atoms with Gasteiger partial charge >= 0.3 is 0 Å². The molecule has 20 heavy (non-hydrogen) atoms. The number of anilines is 2. The maximum absolute atomic E-state index is 13.1. The molecule has 0 heterocycles. The Bertz CT molecular complexity index is 763. The van der Waals surface area contributed by atoms with Crippen molar-refractivity contribution in [1.82, 2.24) is 0 Å². The Morgan fingerprint density at radius 1 is 1.25 bits per heavy atom. The van der Waals surface area contributed by atoms with Gasteiger partial charge in [-0.2, -0.15) is 0 Å². The molecule has 0 bridgehead atoms. The van der Waals surface area contributed by atoms with Crippen LogP contribution in [0, 0.1) is 12.7 Å². The van der Waals surface area contributed by atoms with E-state index in [0.29, 0.717) is 10.2 Å². The van der Waals surface area contributed by atoms with E-state index in [1.54, 1.807) is 12.1 Å². The fourth-order valence-electron chi connectivity index (χ4n) is 1.62. The molecule has 3 N–H and O–H groups in total. The minimum absolute atomic E-state index is 0.0928. The zero-order valence-corrected chi connectivity index (χ0v) is 12.9. The zero-order valence-electron chi connectivity index (χ0n) is 10.5. The summed E-state index contributed by atoms with van der Waals surface area (Å²) in [4.78, 5) is -0.0928. The molecule has 0 saturated carbocycles. The number of halogens is 2. The molecule has 0 spiro atoms. The Balaban J connectivity index is 2.41. The van der Waals surface area contributed by atoms with Gasteiger partial charge in [0.2, 0.25) is 0 Å². The molecule has 0 aliphatic carbocycles. The standard InChI is InChI=1S/C13H12BrFN2O2S/c1-8-3-2-4-12(13(8)14)17-20(18,19)9-5-6-10(15)11(16)7-9/h2-7,17H,16H2,1H3. The van der Waals surface area contributed by atoms with Crippen molar-refractivity contribution in [3.63, 3.8) is 0 Å². The van der Waals surface area contributed by atoms with Gasteiger partial charge in [0, 0.05) is 4.47 Å². The van der Waals surface area contributed by atoms with Crippen LogP contribution in [0.15, 0.2) is 45.8 Å². The number of rotatable bonds is 3. The molecule has 4 nitrogen and oxygen atoms in total. The van der Waals surface area contributed by atoms with Gasteiger partial charge in [-0.3, -0.25) is 4.72 Å². The van der Waals surface area contributed by atoms with Gasteiger partial charge in [0.15, 0.2) is 0 Å². The van der Waals surface area contributed by atoms with Crippen molar-refractivity contribution in [3.05, 3.63) is 52.3 Å². The Labute approximate surface area is 125 Å². The Morgan fingerprint density at radius 3 is 2.60 bits per heavy atom. The Morgan fingerprint density at radius 2 is 1.95 bits per heavy atom. The van der Waals surface area contributed by atoms with Crippen molar-refractivity contribution in [3.8, 4) is 0 Å². The average Bonchev–Trinajstić information content (AvgIpc) is 2.38. The van der Waals surface area contributed by atoms with E-state index in [4.69, 9.17) is 5.73 Å². The van der Waals surface area contributed by atoms with Crippen molar-refractivity contribution in [1.29, 1.82) is 0 Å². The third-order valence-corrected chi connectivity index (χ3v) is 5.13. The molecule has 0 amide bonds. The van der Waals surface area contributed by atoms with Gasteiger partial charge in [0.25, 0.3) is 10.0 Å². The number of nitrogens with two attached hydrogens (primary N) is 1. The highest BCUT2D eigenvalue weighted by Crippen LogP contribution is 2.28. The monoisotopic (exact) mass is 358 g/mol. The first-order valence-corrected chi connectivity index (χ1v) is 7.92. The molecular formula is C13H12BrFN2O2S. The van der Waals surface area contributed by atoms with E-state index in [9.17, 15) is 12.8 Å². The number of sulfonamides is 1. The second kappa shape index (κ2) is 5.41. The number of hydrogen-bond acceptors (Lipinski definition) is 3. The van der Waals surface area contributed by atoms with Crippen LogP contribution in [0.3, 0.4) is 0 Å². The normalized spacial score (nSPS) is 11.3. The number of nitrogen functional groups attached to an aromatic ring is 1. The lowest BCUT2D eigenvalue weighted by molar-refractivity contribution is 0.600. The van der Waals surface area contributed by atoms with Crippen molar-refractivity contribution < 1.29 is 12.8 Å². The Kier molecular flexibility index (Phi) is 4.01. The van der Waals surface area contributed by atoms with Crippen LogP contribution in [-0.2, 0) is 10.0 Å². The van der Waals surface area contributed by atoms with Crippen LogP contribution >= 0.6 is 15.9 Å². The van der Waals surface area contributed by atoms with Crippen LogP contribution in [-0.4, -0.2) is 8.42 Å². The van der Waals surface area contributed by atoms with Gasteiger partial charge in [0.1, 0.15) is 5.82 Å². The average molecular weight is 359 g/mol. The minimum Gasteiger partial charge on any atom is -0.396 e. The van der Waals surface area contributed by atoms with Gasteiger partial charge in [0.05, 0.1) is 16.3 Å². The highest BCUT2D eigenvalue weighted by molar-refractivity contribution is 9.10. The first-order chi connectivity index (χ1) is 9.31. The van der Waals surface area contributed by atoms with E-state index in [0.717, 1.165) is 23.8 Å². The van der Waals surface area contributed by atoms with E-state index in [2.05, 4.69) is 20.7 Å². The predicted molar refractivity (Wildman–Crippen MR) is 80.5 cm³/mol. The maximum atomic E-state index is 13.1. The SMILES string of the molecule is Cc1cccc(NS(=O)(=O)c2ccc(F)c(N)c2)c1Br. The van der Waals surface area contributed by atoms with Crippen LogP contribution < -0.4 is 10.5 Å². The van der Waals surface area contributed by atoms with Gasteiger partial charge in [-0.15, -0.1) is 0 Å². The first kappa shape index (κ1) is 14.8. The number of nitrogens with one attached hydrogen (secondary N) is 1. The van der Waals surface area contributed by atoms with Crippen LogP contribution in [0.4, 0.5) is 15.8 Å². The van der Waals surface area contributed by atoms with Crippen LogP contribution in [0.1, 0.15) is 5.56 Å². The van der Waals surface area contributed by atoms with Crippen molar-refractivity contribution >= 4 is 37.3 Å². The fraction of sp³-hybridized carbons (Fsp3) is 0.0769. The number of aryl methyl sites for hydroxylation is 1. The molecule has 2 aromatic rings. The predicted octanol–water partition coefficient (Wildman–Crippen LogP) is 3.28. The molecule has 2 aromatic carbocycles. The number of benzene rings is 2. The lowest BCUT2D eigenvalue weighted by Crippen LogP contribution is -2.14. The van der Waals surface area contributed by atoms with Crippen molar-refractivity contribution in [2.24, 2.45) is 0 Å². The summed E-state index contributed by atoms with van der Waals surface area (Å²) in [5.41, 5.74) is 6.48. The van der Waals surface area contributed by atoms with E-state index in [-0.39, 0.29) is 10.6 Å². The summed E-state index contributed by atoms with van der Waals surface area (Å²) in [6, 6.07) is 8.48. The smallest absolute Gasteiger partial charge is 0.262 e. The lowest BCUT2D eigenvalue weighted by Gasteiger charge is -2.11. The molecule has 0 unspecified atom stereocenters. The summed E-state index contributed by atoms with van der Waals surface area (Å²) >= 11 is 3.32. The van der Waals surface area contributed by atoms with Crippen LogP contribution in [0.2, 0.25) is 0 Å². The molecule has 0 aromatic heterocycles. The van der Waals surface area contributed by atoms with E-state index in [1.165, 1.54) is 0 Å². The summed E-state index contributed by atoms with van der Waals surface area (Å²) in [5, 5.41) is 0. The van der Waals surface area contributed by atoms with E-state index in [1.807, 2.05) is 13.0 Å². The second-order valence-electron chi connectivity index (χ2n) is 4.23. The van der Waals surface area contributed by atoms with Crippen molar-refractivity contribution in [2.45, 2.75) is 11.8 Å². The molecule has 0 fully saturated rings. The second-order valence-corrected chi connectivity index (χ2v) is 6.70. The van der Waals surface area contributed by atoms with Crippen molar-refractivity contribution in [2.75, 3.05) is 10.5 Å². The summed E-state index contributed by atoms with van der Waals surface area (Å²) < 4.78 is 40.6. The molecule has 2 rings (SSSR count). The minimum atomic E-state index is -3.82. The maximum Gasteiger partial charge on any atom is 0.262 e. The first-order valence-electron chi connectivity index (χ1n) is 5.64. The van der Waals surface area contributed by atoms with Crippen LogP contribution in [0.5, 0.6) is 0 Å². The lowest BCUT2D eigenvalue weighted by atomic mass is 10.2. The largest absolute Gasteiger partial charge is 0.396 e. The van der Waals surface area contributed by atoms with E-state index >= 15 is 0 Å². The topological polar surface area (TPSA) is 72.2 Å². The number of hydrogen-bond donors (Lipinski definition) is 2. The quantitative estimate of drug-likeness (QED) is 0.827.